The Morgan fingerprint density at radius 1 is 0.571 bits per heavy atom. The Balaban J connectivity index is 0. The summed E-state index contributed by atoms with van der Waals surface area (Å²) in [4.78, 5) is 12.0. The number of rotatable bonds is 33. The second-order valence-electron chi connectivity index (χ2n) is 13.7. The van der Waals surface area contributed by atoms with Crippen molar-refractivity contribution in [3.05, 3.63) is 60.2 Å². The molecule has 1 aromatic rings. The van der Waals surface area contributed by atoms with Gasteiger partial charge in [0, 0.05) is 6.61 Å². The third kappa shape index (κ3) is 37.5. The highest BCUT2D eigenvalue weighted by molar-refractivity contribution is 5.85. The Morgan fingerprint density at radius 2 is 0.918 bits per heavy atom. The number of aliphatic hydroxyl groups is 1. The van der Waals surface area contributed by atoms with Crippen molar-refractivity contribution in [2.24, 2.45) is 5.73 Å². The third-order valence-electron chi connectivity index (χ3n) is 8.98. The standard InChI is InChI=1S/C26H43NO2.C18H36O.ClH/c1-2-3-4-5-6-7-8-9-10-11-12-13-14-15-16-20-23-29-26(28)25(27)24-21-18-17-19-22-24;1-2-3-4-5-6-7-8-9-10-11-12-13-14-15-16-17-18-19;/h9-10,17-19,21-22,25H,2-8,11-16,20,23,27H2,1H3;9-10,19H,2-8,11-18H2,1H3;1H/b2*10-9-;/t25-;;/m0../s1. The minimum atomic E-state index is -0.676. The fourth-order valence-corrected chi connectivity index (χ4v) is 5.77. The highest BCUT2D eigenvalue weighted by Crippen LogP contribution is 2.13. The van der Waals surface area contributed by atoms with Crippen LogP contribution in [0.1, 0.15) is 205 Å². The van der Waals surface area contributed by atoms with Crippen molar-refractivity contribution in [2.75, 3.05) is 13.2 Å². The van der Waals surface area contributed by atoms with Gasteiger partial charge in [0.25, 0.3) is 0 Å². The second kappa shape index (κ2) is 42.5. The van der Waals surface area contributed by atoms with Gasteiger partial charge in [-0.25, -0.2) is 4.79 Å². The number of nitrogens with two attached hydrogens (primary N) is 1. The number of hydrogen-bond acceptors (Lipinski definition) is 4. The Kier molecular flexibility index (Phi) is 43.0. The van der Waals surface area contributed by atoms with E-state index in [1.54, 1.807) is 0 Å². The number of aliphatic hydroxyl groups excluding tert-OH is 1. The normalized spacial score (nSPS) is 11.8. The van der Waals surface area contributed by atoms with E-state index in [1.807, 2.05) is 30.3 Å². The van der Waals surface area contributed by atoms with Crippen molar-refractivity contribution in [3.8, 4) is 0 Å². The minimum absolute atomic E-state index is 0. The molecule has 4 nitrogen and oxygen atoms in total. The number of benzene rings is 1. The predicted molar refractivity (Wildman–Crippen MR) is 218 cm³/mol. The summed E-state index contributed by atoms with van der Waals surface area (Å²) in [5.74, 6) is -0.330. The second-order valence-corrected chi connectivity index (χ2v) is 13.7. The molecule has 0 aliphatic rings. The Hall–Kier alpha value is -1.62. The summed E-state index contributed by atoms with van der Waals surface area (Å²) >= 11 is 0. The first-order chi connectivity index (χ1) is 23.7. The lowest BCUT2D eigenvalue weighted by Gasteiger charge is -2.11. The number of esters is 1. The molecule has 0 radical (unpaired) electrons. The maximum atomic E-state index is 12.0. The fourth-order valence-electron chi connectivity index (χ4n) is 5.77. The highest BCUT2D eigenvalue weighted by Gasteiger charge is 2.16. The topological polar surface area (TPSA) is 72.5 Å². The van der Waals surface area contributed by atoms with Crippen LogP contribution in [-0.4, -0.2) is 24.3 Å². The first-order valence-electron chi connectivity index (χ1n) is 20.5. The van der Waals surface area contributed by atoms with Crippen molar-refractivity contribution in [1.82, 2.24) is 0 Å². The van der Waals surface area contributed by atoms with Gasteiger partial charge in [-0.05, 0) is 69.8 Å². The lowest BCUT2D eigenvalue weighted by molar-refractivity contribution is -0.145. The molecule has 286 valence electrons. The van der Waals surface area contributed by atoms with Crippen molar-refractivity contribution >= 4 is 18.4 Å². The van der Waals surface area contributed by atoms with Gasteiger partial charge in [-0.3, -0.25) is 0 Å². The summed E-state index contributed by atoms with van der Waals surface area (Å²) in [6, 6.07) is 8.71. The van der Waals surface area contributed by atoms with Crippen LogP contribution in [0.3, 0.4) is 0 Å². The molecule has 0 bridgehead atoms. The molecule has 1 atom stereocenters. The third-order valence-corrected chi connectivity index (χ3v) is 8.98. The van der Waals surface area contributed by atoms with Gasteiger partial charge in [-0.1, -0.05) is 184 Å². The average molecular weight is 707 g/mol. The molecule has 0 fully saturated rings. The summed E-state index contributed by atoms with van der Waals surface area (Å²) in [5.41, 5.74) is 6.73. The van der Waals surface area contributed by atoms with E-state index in [-0.39, 0.29) is 18.4 Å². The number of hydrogen-bond donors (Lipinski definition) is 2. The quantitative estimate of drug-likeness (QED) is 0.0434. The number of unbranched alkanes of at least 4 members (excludes halogenated alkanes) is 24. The van der Waals surface area contributed by atoms with E-state index in [0.29, 0.717) is 13.2 Å². The maximum Gasteiger partial charge on any atom is 0.327 e. The molecule has 49 heavy (non-hydrogen) atoms. The molecule has 0 saturated heterocycles. The smallest absolute Gasteiger partial charge is 0.327 e. The van der Waals surface area contributed by atoms with E-state index in [4.69, 9.17) is 15.6 Å². The summed E-state index contributed by atoms with van der Waals surface area (Å²) in [6.45, 7) is 5.38. The lowest BCUT2D eigenvalue weighted by atomic mass is 10.1. The zero-order chi connectivity index (χ0) is 35.0. The number of carbonyl (C=O) groups is 1. The molecule has 0 aromatic heterocycles. The number of ether oxygens (including phenoxy) is 1. The van der Waals surface area contributed by atoms with E-state index in [1.165, 1.54) is 161 Å². The van der Waals surface area contributed by atoms with Crippen LogP contribution in [0, 0.1) is 0 Å². The number of halogens is 1. The van der Waals surface area contributed by atoms with Crippen LogP contribution in [0.5, 0.6) is 0 Å². The van der Waals surface area contributed by atoms with E-state index in [2.05, 4.69) is 38.2 Å². The molecule has 0 amide bonds. The van der Waals surface area contributed by atoms with Crippen LogP contribution in [0.25, 0.3) is 0 Å². The molecule has 0 saturated carbocycles. The zero-order valence-electron chi connectivity index (χ0n) is 32.2. The van der Waals surface area contributed by atoms with Gasteiger partial charge >= 0.3 is 5.97 Å². The van der Waals surface area contributed by atoms with Gasteiger partial charge in [0.15, 0.2) is 0 Å². The monoisotopic (exact) mass is 706 g/mol. The van der Waals surface area contributed by atoms with Gasteiger partial charge in [0.05, 0.1) is 6.61 Å². The average Bonchev–Trinajstić information content (AvgIpc) is 3.11. The molecule has 0 aliphatic heterocycles. The van der Waals surface area contributed by atoms with Crippen LogP contribution in [0.2, 0.25) is 0 Å². The molecule has 0 heterocycles. The van der Waals surface area contributed by atoms with Crippen molar-refractivity contribution in [2.45, 2.75) is 200 Å². The van der Waals surface area contributed by atoms with E-state index < -0.39 is 6.04 Å². The van der Waals surface area contributed by atoms with Crippen LogP contribution in [0.15, 0.2) is 54.6 Å². The number of allylic oxidation sites excluding steroid dienone is 4. The van der Waals surface area contributed by atoms with Gasteiger partial charge in [0.1, 0.15) is 6.04 Å². The molecule has 1 aromatic carbocycles. The Labute approximate surface area is 310 Å². The SMILES string of the molecule is CCCCCCCC/C=C\CCCCCCCCO.CCCCCCCC/C=C\CCCCCCCCOC(=O)[C@@H](N)c1ccccc1.Cl. The van der Waals surface area contributed by atoms with Gasteiger partial charge < -0.3 is 15.6 Å². The molecule has 3 N–H and O–H groups in total. The van der Waals surface area contributed by atoms with Crippen molar-refractivity contribution in [1.29, 1.82) is 0 Å². The first-order valence-corrected chi connectivity index (χ1v) is 20.5. The molecule has 0 spiro atoms. The first kappa shape index (κ1) is 49.5. The summed E-state index contributed by atoms with van der Waals surface area (Å²) in [6.07, 6.45) is 45.8. The molecule has 5 heteroatoms. The molecular weight excluding hydrogens is 626 g/mol. The summed E-state index contributed by atoms with van der Waals surface area (Å²) in [5, 5.41) is 8.66. The maximum absolute atomic E-state index is 12.0. The van der Waals surface area contributed by atoms with Gasteiger partial charge in [0.2, 0.25) is 0 Å². The van der Waals surface area contributed by atoms with Crippen LogP contribution in [-0.2, 0) is 9.53 Å². The minimum Gasteiger partial charge on any atom is -0.464 e. The molecule has 1 rings (SSSR count). The number of carbonyl (C=O) groups excluding carboxylic acids is 1. The summed E-state index contributed by atoms with van der Waals surface area (Å²) in [7, 11) is 0. The largest absolute Gasteiger partial charge is 0.464 e. The van der Waals surface area contributed by atoms with Gasteiger partial charge in [-0.15, -0.1) is 12.4 Å². The van der Waals surface area contributed by atoms with Crippen molar-refractivity contribution < 1.29 is 14.6 Å². The molecular formula is C44H80ClNO3. The molecule has 0 aliphatic carbocycles. The fraction of sp³-hybridized carbons (Fsp3) is 0.750. The molecule has 0 unspecified atom stereocenters. The van der Waals surface area contributed by atoms with E-state index in [9.17, 15) is 4.79 Å². The van der Waals surface area contributed by atoms with Crippen LogP contribution < -0.4 is 5.73 Å². The Morgan fingerprint density at radius 3 is 1.31 bits per heavy atom. The van der Waals surface area contributed by atoms with Crippen molar-refractivity contribution in [3.63, 3.8) is 0 Å². The lowest BCUT2D eigenvalue weighted by Crippen LogP contribution is -2.24. The Bertz CT molecular complexity index is 829. The van der Waals surface area contributed by atoms with E-state index in [0.717, 1.165) is 24.8 Å². The predicted octanol–water partition coefficient (Wildman–Crippen LogP) is 13.7. The zero-order valence-corrected chi connectivity index (χ0v) is 33.1. The van der Waals surface area contributed by atoms with Gasteiger partial charge in [-0.2, -0.15) is 0 Å². The van der Waals surface area contributed by atoms with Crippen LogP contribution in [0.4, 0.5) is 0 Å². The highest BCUT2D eigenvalue weighted by atomic mass is 35.5. The van der Waals surface area contributed by atoms with Crippen LogP contribution >= 0.6 is 12.4 Å². The van der Waals surface area contributed by atoms with E-state index >= 15 is 0 Å². The summed E-state index contributed by atoms with van der Waals surface area (Å²) < 4.78 is 5.30.